The number of imidazole rings is 1. The summed E-state index contributed by atoms with van der Waals surface area (Å²) in [5.74, 6) is 0.365. The molecule has 2 aliphatic rings. The van der Waals surface area contributed by atoms with E-state index in [-0.39, 0.29) is 30.1 Å². The summed E-state index contributed by atoms with van der Waals surface area (Å²) in [6, 6.07) is 27.2. The molecule has 1 aliphatic carbocycles. The Hall–Kier alpha value is -5.32. The summed E-state index contributed by atoms with van der Waals surface area (Å²) in [5.41, 5.74) is 5.92. The highest BCUT2D eigenvalue weighted by molar-refractivity contribution is 6.31. The highest BCUT2D eigenvalue weighted by atomic mass is 35.5. The summed E-state index contributed by atoms with van der Waals surface area (Å²) in [4.78, 5) is 42.6. The molecule has 3 aromatic carbocycles. The Labute approximate surface area is 324 Å². The molecule has 4 heterocycles. The number of urea groups is 1. The zero-order chi connectivity index (χ0) is 37.2. The highest BCUT2D eigenvalue weighted by Gasteiger charge is 2.29. The molecule has 4 N–H and O–H groups in total. The molecule has 0 radical (unpaired) electrons. The topological polar surface area (TPSA) is 120 Å². The lowest BCUT2D eigenvalue weighted by atomic mass is 9.99. The van der Waals surface area contributed by atoms with Crippen molar-refractivity contribution in [1.82, 2.24) is 30.2 Å². The third-order valence-corrected chi connectivity index (χ3v) is 11.2. The van der Waals surface area contributed by atoms with Crippen molar-refractivity contribution in [1.29, 1.82) is 0 Å². The number of aromatic amines is 1. The molecule has 3 aromatic heterocycles. The molecule has 6 aromatic rings. The van der Waals surface area contributed by atoms with E-state index in [1.165, 1.54) is 12.8 Å². The first kappa shape index (κ1) is 35.7. The molecule has 1 unspecified atom stereocenters. The number of hydrogen-bond acceptors (Lipinski definition) is 5. The van der Waals surface area contributed by atoms with Crippen LogP contribution in [0.4, 0.5) is 16.3 Å². The lowest BCUT2D eigenvalue weighted by Gasteiger charge is -2.34. The predicted octanol–water partition coefficient (Wildman–Crippen LogP) is 9.47. The molecule has 0 bridgehead atoms. The Bertz CT molecular complexity index is 2270. The Morgan fingerprint density at radius 3 is 2.28 bits per heavy atom. The van der Waals surface area contributed by atoms with Gasteiger partial charge in [0.25, 0.3) is 5.91 Å². The zero-order valence-corrected chi connectivity index (χ0v) is 31.5. The monoisotopic (exact) mass is 760 g/mol. The fourth-order valence-corrected chi connectivity index (χ4v) is 8.15. The van der Waals surface area contributed by atoms with Gasteiger partial charge in [-0.15, -0.1) is 0 Å². The van der Waals surface area contributed by atoms with Gasteiger partial charge in [-0.25, -0.2) is 14.8 Å². The van der Waals surface area contributed by atoms with Crippen LogP contribution in [0.3, 0.4) is 0 Å². The Morgan fingerprint density at radius 2 is 1.54 bits per heavy atom. The molecule has 276 valence electrons. The number of pyridine rings is 1. The zero-order valence-electron chi connectivity index (χ0n) is 30.0. The molecule has 1 saturated heterocycles. The van der Waals surface area contributed by atoms with Gasteiger partial charge in [-0.3, -0.25) is 4.79 Å². The van der Waals surface area contributed by atoms with Crippen molar-refractivity contribution in [2.75, 3.05) is 23.3 Å². The number of amides is 3. The molecule has 1 aliphatic heterocycles. The second-order valence-corrected chi connectivity index (χ2v) is 15.1. The van der Waals surface area contributed by atoms with Gasteiger partial charge >= 0.3 is 6.03 Å². The largest absolute Gasteiger partial charge is 0.355 e. The number of nitrogens with zero attached hydrogens (tertiary/aromatic N) is 4. The van der Waals surface area contributed by atoms with Gasteiger partial charge < -0.3 is 30.4 Å². The predicted molar refractivity (Wildman–Crippen MR) is 217 cm³/mol. The van der Waals surface area contributed by atoms with E-state index < -0.39 is 0 Å². The van der Waals surface area contributed by atoms with Crippen LogP contribution < -0.4 is 20.9 Å². The average Bonchev–Trinajstić information content (AvgIpc) is 3.95. The molecule has 10 nitrogen and oxygen atoms in total. The minimum absolute atomic E-state index is 0.0732. The number of aromatic nitrogens is 4. The SMILES string of the molecule is CC(c1ccc(Cl)cc1)n1cnc(-c2ccccc2)c1-c1c(C(=O)Nc2cccnc2N2CCC(NC(=O)NC3CCCC3)CC2)[nH]c2cc(Cl)ccc12. The lowest BCUT2D eigenvalue weighted by Crippen LogP contribution is -2.49. The van der Waals surface area contributed by atoms with Crippen molar-refractivity contribution in [2.45, 2.75) is 63.6 Å². The van der Waals surface area contributed by atoms with Crippen LogP contribution in [0.5, 0.6) is 0 Å². The van der Waals surface area contributed by atoms with Crippen LogP contribution in [0.1, 0.15) is 67.5 Å². The summed E-state index contributed by atoms with van der Waals surface area (Å²) in [7, 11) is 0. The number of nitrogens with one attached hydrogen (secondary N) is 4. The van der Waals surface area contributed by atoms with E-state index in [9.17, 15) is 9.59 Å². The molecular weight excluding hydrogens is 719 g/mol. The van der Waals surface area contributed by atoms with Crippen LogP contribution in [0.15, 0.2) is 97.5 Å². The van der Waals surface area contributed by atoms with Crippen molar-refractivity contribution in [3.8, 4) is 22.5 Å². The van der Waals surface area contributed by atoms with E-state index in [1.54, 1.807) is 6.20 Å². The number of anilines is 2. The van der Waals surface area contributed by atoms with Gasteiger partial charge in [-0.05, 0) is 74.6 Å². The van der Waals surface area contributed by atoms with Crippen LogP contribution >= 0.6 is 23.2 Å². The van der Waals surface area contributed by atoms with Crippen LogP contribution in [0.25, 0.3) is 33.4 Å². The van der Waals surface area contributed by atoms with Crippen molar-refractivity contribution in [3.05, 3.63) is 119 Å². The van der Waals surface area contributed by atoms with E-state index in [0.29, 0.717) is 45.9 Å². The van der Waals surface area contributed by atoms with Crippen molar-refractivity contribution < 1.29 is 9.59 Å². The number of hydrogen-bond donors (Lipinski definition) is 4. The second-order valence-electron chi connectivity index (χ2n) is 14.2. The smallest absolute Gasteiger partial charge is 0.315 e. The van der Waals surface area contributed by atoms with Gasteiger partial charge in [0.1, 0.15) is 5.69 Å². The number of rotatable bonds is 9. The third-order valence-electron chi connectivity index (χ3n) is 10.7. The molecule has 8 rings (SSSR count). The van der Waals surface area contributed by atoms with E-state index in [2.05, 4.69) is 37.3 Å². The van der Waals surface area contributed by atoms with Crippen molar-refractivity contribution in [2.24, 2.45) is 0 Å². The minimum atomic E-state index is -0.322. The fraction of sp³-hybridized carbons (Fsp3) is 0.286. The standard InChI is InChI=1S/C42H42Cl2N8O2/c1-26(27-13-15-29(43)16-14-27)52-25-46-37(28-8-3-2-4-9-28)39(52)36-33-18-17-30(44)24-35(33)49-38(36)41(53)50-34-12-7-21-45-40(34)51-22-19-32(20-23-51)48-42(54)47-31-10-5-6-11-31/h2-4,7-9,12-18,21,24-26,31-32,49H,5-6,10-11,19-20,22-23H2,1H3,(H,50,53)(H2,47,48,54). The van der Waals surface area contributed by atoms with Crippen LogP contribution in [-0.2, 0) is 0 Å². The number of piperidine rings is 1. The van der Waals surface area contributed by atoms with Gasteiger partial charge in [-0.2, -0.15) is 0 Å². The number of benzene rings is 3. The van der Waals surface area contributed by atoms with Gasteiger partial charge in [0.05, 0.1) is 29.4 Å². The van der Waals surface area contributed by atoms with Crippen molar-refractivity contribution >= 4 is 57.5 Å². The molecule has 12 heteroatoms. The molecule has 0 spiro atoms. The number of H-pyrrole nitrogens is 1. The Balaban J connectivity index is 1.12. The van der Waals surface area contributed by atoms with E-state index in [1.807, 2.05) is 91.3 Å². The van der Waals surface area contributed by atoms with Gasteiger partial charge in [0, 0.05) is 63.4 Å². The fourth-order valence-electron chi connectivity index (χ4n) is 7.85. The summed E-state index contributed by atoms with van der Waals surface area (Å²) < 4.78 is 2.11. The first-order chi connectivity index (χ1) is 26.3. The van der Waals surface area contributed by atoms with Gasteiger partial charge in [-0.1, -0.05) is 84.6 Å². The van der Waals surface area contributed by atoms with E-state index >= 15 is 0 Å². The molecule has 1 saturated carbocycles. The van der Waals surface area contributed by atoms with Gasteiger partial charge in [0.15, 0.2) is 5.82 Å². The first-order valence-corrected chi connectivity index (χ1v) is 19.4. The number of fused-ring (bicyclic) bond motifs is 1. The van der Waals surface area contributed by atoms with E-state index in [4.69, 9.17) is 33.2 Å². The maximum absolute atomic E-state index is 14.7. The number of halogens is 2. The second kappa shape index (κ2) is 15.6. The maximum Gasteiger partial charge on any atom is 0.315 e. The summed E-state index contributed by atoms with van der Waals surface area (Å²) in [5, 5.41) is 11.6. The lowest BCUT2D eigenvalue weighted by molar-refractivity contribution is 0.102. The number of carbonyl (C=O) groups excluding carboxylic acids is 2. The van der Waals surface area contributed by atoms with Crippen LogP contribution in [0.2, 0.25) is 10.0 Å². The maximum atomic E-state index is 14.7. The number of carbonyl (C=O) groups is 2. The summed E-state index contributed by atoms with van der Waals surface area (Å²) in [6.07, 6.45) is 9.56. The highest BCUT2D eigenvalue weighted by Crippen LogP contribution is 2.42. The Morgan fingerprint density at radius 1 is 0.833 bits per heavy atom. The molecule has 3 amide bonds. The third kappa shape index (κ3) is 7.41. The molecule has 2 fully saturated rings. The molecular formula is C42H42Cl2N8O2. The normalized spacial score (nSPS) is 15.7. The van der Waals surface area contributed by atoms with Gasteiger partial charge in [0.2, 0.25) is 0 Å². The summed E-state index contributed by atoms with van der Waals surface area (Å²) in [6.45, 7) is 3.48. The summed E-state index contributed by atoms with van der Waals surface area (Å²) >= 11 is 12.8. The molecule has 54 heavy (non-hydrogen) atoms. The first-order valence-electron chi connectivity index (χ1n) is 18.6. The average molecular weight is 762 g/mol. The van der Waals surface area contributed by atoms with E-state index in [0.717, 1.165) is 59.1 Å². The molecule has 1 atom stereocenters. The van der Waals surface area contributed by atoms with Crippen molar-refractivity contribution in [3.63, 3.8) is 0 Å². The van der Waals surface area contributed by atoms with Crippen LogP contribution in [0, 0.1) is 0 Å². The minimum Gasteiger partial charge on any atom is -0.355 e. The van der Waals surface area contributed by atoms with Crippen LogP contribution in [-0.4, -0.2) is 56.6 Å². The Kier molecular flexibility index (Phi) is 10.3. The quantitative estimate of drug-likeness (QED) is 0.117.